The lowest BCUT2D eigenvalue weighted by Crippen LogP contribution is -2.46. The van der Waals surface area contributed by atoms with Gasteiger partial charge in [0.15, 0.2) is 0 Å². The monoisotopic (exact) mass is 587 g/mol. The Morgan fingerprint density at radius 2 is 1.09 bits per heavy atom. The highest BCUT2D eigenvalue weighted by atomic mass is 16.2. The van der Waals surface area contributed by atoms with E-state index < -0.39 is 0 Å². The summed E-state index contributed by atoms with van der Waals surface area (Å²) in [7, 11) is 0. The van der Waals surface area contributed by atoms with Crippen LogP contribution < -0.4 is 9.80 Å². The van der Waals surface area contributed by atoms with Gasteiger partial charge in [0.2, 0.25) is 0 Å². The Kier molecular flexibility index (Phi) is 8.27. The number of fused-ring (bicyclic) bond motifs is 1. The Balaban J connectivity index is 0.930. The van der Waals surface area contributed by atoms with Crippen LogP contribution in [0, 0.1) is 6.92 Å². The summed E-state index contributed by atoms with van der Waals surface area (Å²) < 4.78 is 0. The maximum absolute atomic E-state index is 13.5. The van der Waals surface area contributed by atoms with Gasteiger partial charge in [0.1, 0.15) is 0 Å². The normalized spacial score (nSPS) is 17.8. The molecule has 0 bridgehead atoms. The molecule has 226 valence electrons. The minimum Gasteiger partial charge on any atom is -0.369 e. The van der Waals surface area contributed by atoms with Crippen molar-refractivity contribution >= 4 is 17.3 Å². The Morgan fingerprint density at radius 1 is 0.591 bits per heavy atom. The van der Waals surface area contributed by atoms with E-state index in [0.717, 1.165) is 82.1 Å². The van der Waals surface area contributed by atoms with Crippen molar-refractivity contribution in [1.82, 2.24) is 24.7 Å². The van der Waals surface area contributed by atoms with Crippen LogP contribution in [-0.4, -0.2) is 82.9 Å². The first-order chi connectivity index (χ1) is 21.6. The van der Waals surface area contributed by atoms with Gasteiger partial charge < -0.3 is 14.7 Å². The number of hydrogen-bond donors (Lipinski definition) is 0. The van der Waals surface area contributed by atoms with E-state index in [1.54, 1.807) is 0 Å². The summed E-state index contributed by atoms with van der Waals surface area (Å²) in [5, 5.41) is 0. The molecule has 0 saturated carbocycles. The number of aryl methyl sites for hydroxylation is 1. The molecule has 8 nitrogen and oxygen atoms in total. The topological polar surface area (TPSA) is 59.1 Å². The highest BCUT2D eigenvalue weighted by molar-refractivity contribution is 6.00. The number of benzene rings is 2. The quantitative estimate of drug-likeness (QED) is 0.299. The standard InChI is InChI=1S/C36H41N7O/c1-28-22-34(42-20-16-40(17-21-42)25-31-8-12-38-13-9-31)23-32-27-43(36(44)35(28)32)26-29-2-4-33(5-3-29)41-18-14-39(15-19-41)24-30-6-10-37-11-7-30/h2-13,22-23H,14-21,24-27H2,1H3. The van der Waals surface area contributed by atoms with Crippen molar-refractivity contribution in [2.24, 2.45) is 0 Å². The number of carbonyl (C=O) groups is 1. The molecule has 2 aromatic heterocycles. The van der Waals surface area contributed by atoms with Gasteiger partial charge >= 0.3 is 0 Å². The number of nitrogens with zero attached hydrogens (tertiary/aromatic N) is 7. The van der Waals surface area contributed by atoms with Gasteiger partial charge in [-0.1, -0.05) is 12.1 Å². The third-order valence-corrected chi connectivity index (χ3v) is 9.36. The van der Waals surface area contributed by atoms with Crippen molar-refractivity contribution < 1.29 is 4.79 Å². The summed E-state index contributed by atoms with van der Waals surface area (Å²) in [4.78, 5) is 33.7. The molecule has 0 unspecified atom stereocenters. The fraction of sp³-hybridized carbons (Fsp3) is 0.361. The Bertz CT molecular complexity index is 1560. The molecule has 0 aliphatic carbocycles. The summed E-state index contributed by atoms with van der Waals surface area (Å²) in [6, 6.07) is 21.7. The van der Waals surface area contributed by atoms with E-state index in [9.17, 15) is 4.79 Å². The summed E-state index contributed by atoms with van der Waals surface area (Å²) in [5.74, 6) is 0.153. The van der Waals surface area contributed by atoms with Crippen LogP contribution in [0.4, 0.5) is 11.4 Å². The van der Waals surface area contributed by atoms with Gasteiger partial charge in [0.05, 0.1) is 0 Å². The number of aromatic nitrogens is 2. The minimum absolute atomic E-state index is 0.153. The lowest BCUT2D eigenvalue weighted by atomic mass is 10.0. The number of amides is 1. The fourth-order valence-corrected chi connectivity index (χ4v) is 6.87. The van der Waals surface area contributed by atoms with Crippen molar-refractivity contribution in [1.29, 1.82) is 0 Å². The maximum Gasteiger partial charge on any atom is 0.255 e. The maximum atomic E-state index is 13.5. The molecule has 3 aliphatic rings. The van der Waals surface area contributed by atoms with E-state index in [0.29, 0.717) is 13.1 Å². The van der Waals surface area contributed by atoms with Crippen molar-refractivity contribution in [2.75, 3.05) is 62.2 Å². The van der Waals surface area contributed by atoms with E-state index in [2.05, 4.69) is 97.2 Å². The third kappa shape index (κ3) is 6.32. The first-order valence-corrected chi connectivity index (χ1v) is 15.8. The Hall–Kier alpha value is -4.27. The van der Waals surface area contributed by atoms with Crippen LogP contribution in [0.25, 0.3) is 0 Å². The predicted molar refractivity (Wildman–Crippen MR) is 175 cm³/mol. The van der Waals surface area contributed by atoms with Crippen molar-refractivity contribution in [3.05, 3.63) is 119 Å². The molecule has 0 radical (unpaired) electrons. The number of rotatable bonds is 8. The molecule has 8 heteroatoms. The highest BCUT2D eigenvalue weighted by Crippen LogP contribution is 2.32. The lowest BCUT2D eigenvalue weighted by Gasteiger charge is -2.36. The summed E-state index contributed by atoms with van der Waals surface area (Å²) in [6.45, 7) is 13.5. The van der Waals surface area contributed by atoms with E-state index in [4.69, 9.17) is 0 Å². The van der Waals surface area contributed by atoms with Crippen LogP contribution in [-0.2, 0) is 26.2 Å². The smallest absolute Gasteiger partial charge is 0.255 e. The first kappa shape index (κ1) is 28.5. The second kappa shape index (κ2) is 12.8. The van der Waals surface area contributed by atoms with Gasteiger partial charge in [-0.15, -0.1) is 0 Å². The second-order valence-corrected chi connectivity index (χ2v) is 12.4. The largest absolute Gasteiger partial charge is 0.369 e. The molecule has 0 spiro atoms. The molecule has 7 rings (SSSR count). The number of carbonyl (C=O) groups excluding carboxylic acids is 1. The highest BCUT2D eigenvalue weighted by Gasteiger charge is 2.30. The lowest BCUT2D eigenvalue weighted by molar-refractivity contribution is 0.0766. The Morgan fingerprint density at radius 3 is 1.64 bits per heavy atom. The first-order valence-electron chi connectivity index (χ1n) is 15.8. The van der Waals surface area contributed by atoms with Gasteiger partial charge in [-0.2, -0.15) is 0 Å². The van der Waals surface area contributed by atoms with Gasteiger partial charge in [-0.3, -0.25) is 24.6 Å². The van der Waals surface area contributed by atoms with Crippen molar-refractivity contribution in [3.63, 3.8) is 0 Å². The molecule has 1 amide bonds. The fourth-order valence-electron chi connectivity index (χ4n) is 6.87. The van der Waals surface area contributed by atoms with Gasteiger partial charge in [0.25, 0.3) is 5.91 Å². The summed E-state index contributed by atoms with van der Waals surface area (Å²) >= 11 is 0. The molecule has 5 heterocycles. The molecule has 4 aromatic rings. The van der Waals surface area contributed by atoms with E-state index in [-0.39, 0.29) is 5.91 Å². The molecule has 3 aliphatic heterocycles. The van der Waals surface area contributed by atoms with Crippen LogP contribution in [0.1, 0.15) is 38.2 Å². The van der Waals surface area contributed by atoms with Crippen LogP contribution in [0.3, 0.4) is 0 Å². The third-order valence-electron chi connectivity index (χ3n) is 9.36. The number of piperazine rings is 2. The van der Waals surface area contributed by atoms with Crippen molar-refractivity contribution in [2.45, 2.75) is 33.1 Å². The number of pyridine rings is 2. The van der Waals surface area contributed by atoms with Crippen molar-refractivity contribution in [3.8, 4) is 0 Å². The molecule has 2 saturated heterocycles. The van der Waals surface area contributed by atoms with Gasteiger partial charge in [0, 0.05) is 120 Å². The average molecular weight is 588 g/mol. The minimum atomic E-state index is 0.153. The summed E-state index contributed by atoms with van der Waals surface area (Å²) in [6.07, 6.45) is 7.48. The second-order valence-electron chi connectivity index (χ2n) is 12.4. The van der Waals surface area contributed by atoms with E-state index in [1.165, 1.54) is 28.1 Å². The van der Waals surface area contributed by atoms with Crippen LogP contribution in [0.15, 0.2) is 85.5 Å². The average Bonchev–Trinajstić information content (AvgIpc) is 3.38. The molecule has 2 aromatic carbocycles. The predicted octanol–water partition coefficient (Wildman–Crippen LogP) is 4.59. The molecule has 0 N–H and O–H groups in total. The zero-order chi connectivity index (χ0) is 29.9. The number of anilines is 2. The SMILES string of the molecule is Cc1cc(N2CCN(Cc3ccncc3)CC2)cc2c1C(=O)N(Cc1ccc(N3CCN(Cc4ccncc4)CC3)cc1)C2. The summed E-state index contributed by atoms with van der Waals surface area (Å²) in [5.41, 5.74) is 9.44. The molecular weight excluding hydrogens is 546 g/mol. The molecule has 0 atom stereocenters. The van der Waals surface area contributed by atoms with Gasteiger partial charge in [-0.25, -0.2) is 0 Å². The van der Waals surface area contributed by atoms with Gasteiger partial charge in [-0.05, 0) is 83.3 Å². The van der Waals surface area contributed by atoms with Crippen LogP contribution in [0.2, 0.25) is 0 Å². The Labute approximate surface area is 260 Å². The zero-order valence-electron chi connectivity index (χ0n) is 25.6. The van der Waals surface area contributed by atoms with E-state index in [1.807, 2.05) is 29.7 Å². The van der Waals surface area contributed by atoms with Crippen LogP contribution >= 0.6 is 0 Å². The van der Waals surface area contributed by atoms with Crippen LogP contribution in [0.5, 0.6) is 0 Å². The molecule has 2 fully saturated rings. The molecule has 44 heavy (non-hydrogen) atoms. The van der Waals surface area contributed by atoms with E-state index >= 15 is 0 Å². The zero-order valence-corrected chi connectivity index (χ0v) is 25.6. The molecular formula is C36H41N7O. The number of hydrogen-bond acceptors (Lipinski definition) is 7.